The second-order valence-corrected chi connectivity index (χ2v) is 9.72. The molecular weight excluding hydrogens is 505 g/mol. The summed E-state index contributed by atoms with van der Waals surface area (Å²) in [6, 6.07) is 10.1. The molecule has 0 aliphatic carbocycles. The Bertz CT molecular complexity index is 1620. The highest BCUT2D eigenvalue weighted by molar-refractivity contribution is 7.12. The summed E-state index contributed by atoms with van der Waals surface area (Å²) in [5.74, 6) is -3.33. The number of aliphatic carboxylic acids is 1. The van der Waals surface area contributed by atoms with Gasteiger partial charge >= 0.3 is 5.97 Å². The van der Waals surface area contributed by atoms with Crippen LogP contribution in [0.4, 0.5) is 13.2 Å². The second-order valence-electron chi connectivity index (χ2n) is 8.52. The summed E-state index contributed by atoms with van der Waals surface area (Å²) < 4.78 is 51.2. The van der Waals surface area contributed by atoms with Gasteiger partial charge in [-0.25, -0.2) is 22.8 Å². The van der Waals surface area contributed by atoms with E-state index in [9.17, 15) is 18.0 Å². The quantitative estimate of drug-likeness (QED) is 0.244. The molecule has 0 fully saturated rings. The minimum Gasteiger partial charge on any atom is -0.481 e. The number of carboxylic acids is 1. The molecule has 1 atom stereocenters. The number of aromatic amines is 1. The topological polar surface area (TPSA) is 93.0 Å². The Morgan fingerprint density at radius 1 is 1.16 bits per heavy atom. The largest absolute Gasteiger partial charge is 0.481 e. The van der Waals surface area contributed by atoms with E-state index in [-0.39, 0.29) is 34.9 Å². The zero-order chi connectivity index (χ0) is 26.3. The van der Waals surface area contributed by atoms with Gasteiger partial charge in [0.2, 0.25) is 0 Å². The minimum atomic E-state index is -0.897. The molecule has 37 heavy (non-hydrogen) atoms. The number of fused-ring (bicyclic) bond motifs is 1. The third kappa shape index (κ3) is 4.82. The van der Waals surface area contributed by atoms with Crippen LogP contribution in [0.5, 0.6) is 11.5 Å². The van der Waals surface area contributed by atoms with Gasteiger partial charge in [0.05, 0.1) is 23.4 Å². The average molecular weight is 527 g/mol. The van der Waals surface area contributed by atoms with Crippen LogP contribution in [0.25, 0.3) is 22.3 Å². The molecule has 2 aromatic carbocycles. The molecule has 0 saturated heterocycles. The van der Waals surface area contributed by atoms with Crippen molar-refractivity contribution in [1.82, 2.24) is 19.7 Å². The molecule has 0 spiro atoms. The van der Waals surface area contributed by atoms with Crippen LogP contribution in [0.15, 0.2) is 48.7 Å². The van der Waals surface area contributed by atoms with Crippen molar-refractivity contribution in [2.24, 2.45) is 7.05 Å². The maximum absolute atomic E-state index is 14.9. The molecule has 3 aromatic heterocycles. The van der Waals surface area contributed by atoms with Crippen LogP contribution >= 0.6 is 11.3 Å². The number of halogens is 3. The smallest absolute Gasteiger partial charge is 0.303 e. The zero-order valence-corrected chi connectivity index (χ0v) is 20.6. The standard InChI is InChI=1S/C26H21F3N4O3S/c1-13(21-7-4-15(37-21)5-8-22(34)35)25-31-26(33(2)32-25)17-11-14(3-6-18(17)27)36-24-19(28)12-20-16(23(24)29)9-10-30-20/h3-4,6-7,9-13,30H,5,8H2,1-2H3,(H,34,35)/t13-/m0/s1. The third-order valence-electron chi connectivity index (χ3n) is 5.96. The van der Waals surface area contributed by atoms with Gasteiger partial charge in [0.1, 0.15) is 11.6 Å². The van der Waals surface area contributed by atoms with Crippen LogP contribution in [0.1, 0.15) is 34.8 Å². The van der Waals surface area contributed by atoms with Crippen LogP contribution < -0.4 is 4.74 Å². The van der Waals surface area contributed by atoms with E-state index >= 15 is 0 Å². The van der Waals surface area contributed by atoms with Crippen molar-refractivity contribution in [3.8, 4) is 22.9 Å². The molecule has 0 unspecified atom stereocenters. The first-order valence-corrected chi connectivity index (χ1v) is 12.2. The van der Waals surface area contributed by atoms with Crippen molar-refractivity contribution in [1.29, 1.82) is 0 Å². The number of H-pyrrole nitrogens is 1. The van der Waals surface area contributed by atoms with Crippen LogP contribution in [0.2, 0.25) is 0 Å². The summed E-state index contributed by atoms with van der Waals surface area (Å²) >= 11 is 1.48. The first-order valence-electron chi connectivity index (χ1n) is 11.4. The molecule has 0 aliphatic heterocycles. The Kier molecular flexibility index (Phi) is 6.46. The number of benzene rings is 2. The SMILES string of the molecule is C[C@H](c1nc(-c2cc(Oc3c(F)cc4[nH]ccc4c3F)ccc2F)n(C)n1)c1ccc(CCC(=O)O)s1. The molecule has 0 amide bonds. The van der Waals surface area contributed by atoms with E-state index in [1.807, 2.05) is 19.1 Å². The summed E-state index contributed by atoms with van der Waals surface area (Å²) in [4.78, 5) is 20.0. The lowest BCUT2D eigenvalue weighted by atomic mass is 10.1. The fraction of sp³-hybridized carbons (Fsp3) is 0.192. The fourth-order valence-electron chi connectivity index (χ4n) is 4.00. The summed E-state index contributed by atoms with van der Waals surface area (Å²) in [7, 11) is 1.62. The molecule has 2 N–H and O–H groups in total. The van der Waals surface area contributed by atoms with E-state index in [0.29, 0.717) is 17.8 Å². The van der Waals surface area contributed by atoms with E-state index in [2.05, 4.69) is 15.1 Å². The van der Waals surface area contributed by atoms with Crippen molar-refractivity contribution in [2.45, 2.75) is 25.7 Å². The van der Waals surface area contributed by atoms with E-state index in [4.69, 9.17) is 9.84 Å². The average Bonchev–Trinajstić information content (AvgIpc) is 3.61. The van der Waals surface area contributed by atoms with Gasteiger partial charge in [0.25, 0.3) is 0 Å². The van der Waals surface area contributed by atoms with E-state index in [1.54, 1.807) is 7.05 Å². The summed E-state index contributed by atoms with van der Waals surface area (Å²) in [5.41, 5.74) is 0.352. The molecule has 0 saturated carbocycles. The van der Waals surface area contributed by atoms with Gasteiger partial charge in [0, 0.05) is 34.5 Å². The molecule has 0 bridgehead atoms. The molecule has 7 nitrogen and oxygen atoms in total. The number of aryl methyl sites for hydroxylation is 2. The van der Waals surface area contributed by atoms with E-state index < -0.39 is 29.2 Å². The van der Waals surface area contributed by atoms with Gasteiger partial charge < -0.3 is 14.8 Å². The van der Waals surface area contributed by atoms with Crippen LogP contribution in [-0.2, 0) is 18.3 Å². The normalized spacial score (nSPS) is 12.2. The lowest BCUT2D eigenvalue weighted by Crippen LogP contribution is -1.99. The van der Waals surface area contributed by atoms with Gasteiger partial charge in [0.15, 0.2) is 29.0 Å². The number of nitrogens with one attached hydrogen (secondary N) is 1. The summed E-state index contributed by atoms with van der Waals surface area (Å²) in [6.07, 6.45) is 1.97. The maximum Gasteiger partial charge on any atom is 0.303 e. The minimum absolute atomic E-state index is 0.0306. The van der Waals surface area contributed by atoms with Crippen molar-refractivity contribution in [3.05, 3.63) is 81.7 Å². The lowest BCUT2D eigenvalue weighted by molar-refractivity contribution is -0.136. The Morgan fingerprint density at radius 3 is 2.76 bits per heavy atom. The van der Waals surface area contributed by atoms with E-state index in [0.717, 1.165) is 21.9 Å². The van der Waals surface area contributed by atoms with Crippen LogP contribution in [-0.4, -0.2) is 30.8 Å². The van der Waals surface area contributed by atoms with Gasteiger partial charge in [-0.15, -0.1) is 11.3 Å². The highest BCUT2D eigenvalue weighted by Gasteiger charge is 2.22. The molecule has 190 valence electrons. The molecule has 5 rings (SSSR count). The van der Waals surface area contributed by atoms with Crippen LogP contribution in [0, 0.1) is 17.5 Å². The molecular formula is C26H21F3N4O3S. The molecule has 5 aromatic rings. The Morgan fingerprint density at radius 2 is 1.97 bits per heavy atom. The molecule has 3 heterocycles. The summed E-state index contributed by atoms with van der Waals surface area (Å²) in [6.45, 7) is 1.91. The summed E-state index contributed by atoms with van der Waals surface area (Å²) in [5, 5.41) is 13.5. The Hall–Kier alpha value is -4.12. The third-order valence-corrected chi connectivity index (χ3v) is 7.29. The first-order chi connectivity index (χ1) is 17.7. The number of hydrogen-bond acceptors (Lipinski definition) is 5. The molecule has 0 aliphatic rings. The highest BCUT2D eigenvalue weighted by atomic mass is 32.1. The number of carboxylic acid groups (broad SMARTS) is 1. The first kappa shape index (κ1) is 24.6. The van der Waals surface area contributed by atoms with Gasteiger partial charge in [-0.05, 0) is 42.8 Å². The second kappa shape index (κ2) is 9.74. The monoisotopic (exact) mass is 526 g/mol. The predicted octanol–water partition coefficient (Wildman–Crippen LogP) is 6.40. The molecule has 11 heteroatoms. The zero-order valence-electron chi connectivity index (χ0n) is 19.8. The number of aromatic nitrogens is 4. The van der Waals surface area contributed by atoms with E-state index in [1.165, 1.54) is 40.4 Å². The van der Waals surface area contributed by atoms with Crippen molar-refractivity contribution in [3.63, 3.8) is 0 Å². The van der Waals surface area contributed by atoms with Gasteiger partial charge in [-0.2, -0.15) is 5.10 Å². The van der Waals surface area contributed by atoms with Crippen molar-refractivity contribution in [2.75, 3.05) is 0 Å². The number of ether oxygens (including phenoxy) is 1. The Labute approximate surface area is 213 Å². The number of carbonyl (C=O) groups is 1. The van der Waals surface area contributed by atoms with Crippen molar-refractivity contribution < 1.29 is 27.8 Å². The van der Waals surface area contributed by atoms with Gasteiger partial charge in [-0.3, -0.25) is 4.79 Å². The number of hydrogen-bond donors (Lipinski definition) is 2. The van der Waals surface area contributed by atoms with Crippen LogP contribution in [0.3, 0.4) is 0 Å². The lowest BCUT2D eigenvalue weighted by Gasteiger charge is -2.10. The number of rotatable bonds is 8. The fourth-order valence-corrected chi connectivity index (χ4v) is 5.07. The highest BCUT2D eigenvalue weighted by Crippen LogP contribution is 2.36. The Balaban J connectivity index is 1.43. The molecule has 0 radical (unpaired) electrons. The van der Waals surface area contributed by atoms with Gasteiger partial charge in [-0.1, -0.05) is 6.92 Å². The number of thiophene rings is 1. The maximum atomic E-state index is 14.9. The number of nitrogens with zero attached hydrogens (tertiary/aromatic N) is 3. The predicted molar refractivity (Wildman–Crippen MR) is 132 cm³/mol. The van der Waals surface area contributed by atoms with Crippen molar-refractivity contribution >= 4 is 28.2 Å².